The van der Waals surface area contributed by atoms with Crippen molar-refractivity contribution < 1.29 is 14.3 Å². The second-order valence-electron chi connectivity index (χ2n) is 9.43. The SMILES string of the molecule is CCOC(=O)C1=C(c2ccccc2)N=C2SC=C(CC(=O)NCCN(C)C)N2[C@@H]1c1ccc(C)cc1C. The maximum Gasteiger partial charge on any atom is 0.338 e. The topological polar surface area (TPSA) is 74.2 Å². The van der Waals surface area contributed by atoms with Crippen LogP contribution in [0.1, 0.15) is 41.6 Å². The molecule has 0 aromatic heterocycles. The fourth-order valence-corrected chi connectivity index (χ4v) is 5.48. The molecule has 0 saturated heterocycles. The molecule has 37 heavy (non-hydrogen) atoms. The molecule has 1 amide bonds. The first kappa shape index (κ1) is 26.7. The van der Waals surface area contributed by atoms with Crippen LogP contribution in [-0.4, -0.2) is 60.6 Å². The Kier molecular flexibility index (Phi) is 8.51. The summed E-state index contributed by atoms with van der Waals surface area (Å²) < 4.78 is 5.59. The van der Waals surface area contributed by atoms with Gasteiger partial charge in [0.2, 0.25) is 5.91 Å². The summed E-state index contributed by atoms with van der Waals surface area (Å²) >= 11 is 1.48. The van der Waals surface area contributed by atoms with Crippen molar-refractivity contribution in [3.8, 4) is 0 Å². The summed E-state index contributed by atoms with van der Waals surface area (Å²) in [5.41, 5.74) is 5.93. The summed E-state index contributed by atoms with van der Waals surface area (Å²) in [6, 6.07) is 15.5. The van der Waals surface area contributed by atoms with Gasteiger partial charge in [-0.15, -0.1) is 0 Å². The minimum atomic E-state index is -0.474. The number of carbonyl (C=O) groups excluding carboxylic acids is 2. The van der Waals surface area contributed by atoms with Gasteiger partial charge in [0.15, 0.2) is 5.17 Å². The largest absolute Gasteiger partial charge is 0.463 e. The van der Waals surface area contributed by atoms with Crippen molar-refractivity contribution in [2.45, 2.75) is 33.2 Å². The average Bonchev–Trinajstić information content (AvgIpc) is 3.26. The van der Waals surface area contributed by atoms with Crippen LogP contribution in [0, 0.1) is 13.8 Å². The molecule has 7 nitrogen and oxygen atoms in total. The Morgan fingerprint density at radius 3 is 2.57 bits per heavy atom. The number of fused-ring (bicyclic) bond motifs is 1. The Labute approximate surface area is 223 Å². The van der Waals surface area contributed by atoms with Crippen LogP contribution in [0.25, 0.3) is 5.70 Å². The van der Waals surface area contributed by atoms with Gasteiger partial charge in [0.1, 0.15) is 0 Å². The number of rotatable bonds is 9. The summed E-state index contributed by atoms with van der Waals surface area (Å²) in [5, 5.41) is 5.71. The number of thioether (sulfide) groups is 1. The zero-order chi connectivity index (χ0) is 26.5. The van der Waals surface area contributed by atoms with E-state index in [0.29, 0.717) is 17.8 Å². The first-order valence-corrected chi connectivity index (χ1v) is 13.4. The second kappa shape index (κ2) is 11.8. The van der Waals surface area contributed by atoms with Crippen molar-refractivity contribution in [1.82, 2.24) is 15.1 Å². The van der Waals surface area contributed by atoms with E-state index in [1.54, 1.807) is 6.92 Å². The van der Waals surface area contributed by atoms with Crippen molar-refractivity contribution in [2.24, 2.45) is 4.99 Å². The van der Waals surface area contributed by atoms with Crippen molar-refractivity contribution in [3.63, 3.8) is 0 Å². The molecular formula is C29H34N4O3S. The van der Waals surface area contributed by atoms with E-state index in [1.807, 2.05) is 59.6 Å². The minimum absolute atomic E-state index is 0.0650. The predicted octanol–water partition coefficient (Wildman–Crippen LogP) is 4.65. The monoisotopic (exact) mass is 518 g/mol. The van der Waals surface area contributed by atoms with Crippen LogP contribution in [0.15, 0.2) is 70.2 Å². The summed E-state index contributed by atoms with van der Waals surface area (Å²) in [7, 11) is 3.95. The lowest BCUT2D eigenvalue weighted by Gasteiger charge is -2.37. The van der Waals surface area contributed by atoms with E-state index in [2.05, 4.69) is 37.4 Å². The van der Waals surface area contributed by atoms with E-state index in [4.69, 9.17) is 9.73 Å². The first-order valence-electron chi connectivity index (χ1n) is 12.5. The van der Waals surface area contributed by atoms with E-state index >= 15 is 0 Å². The van der Waals surface area contributed by atoms with Gasteiger partial charge in [0.25, 0.3) is 0 Å². The van der Waals surface area contributed by atoms with Crippen molar-refractivity contribution >= 4 is 34.5 Å². The third kappa shape index (κ3) is 5.97. The van der Waals surface area contributed by atoms with Gasteiger partial charge < -0.3 is 19.9 Å². The van der Waals surface area contributed by atoms with Gasteiger partial charge >= 0.3 is 5.97 Å². The Balaban J connectivity index is 1.81. The normalized spacial score (nSPS) is 16.9. The molecule has 0 aliphatic carbocycles. The van der Waals surface area contributed by atoms with Crippen molar-refractivity contribution in [3.05, 3.63) is 87.5 Å². The highest BCUT2D eigenvalue weighted by Crippen LogP contribution is 2.47. The number of carbonyl (C=O) groups is 2. The van der Waals surface area contributed by atoms with Crippen LogP contribution in [0.2, 0.25) is 0 Å². The highest BCUT2D eigenvalue weighted by Gasteiger charge is 2.42. The molecule has 2 aromatic carbocycles. The van der Waals surface area contributed by atoms with E-state index in [-0.39, 0.29) is 18.9 Å². The molecule has 0 unspecified atom stereocenters. The van der Waals surface area contributed by atoms with Crippen LogP contribution in [0.5, 0.6) is 0 Å². The molecule has 1 atom stereocenters. The maximum atomic E-state index is 13.6. The van der Waals surface area contributed by atoms with E-state index in [0.717, 1.165) is 39.7 Å². The van der Waals surface area contributed by atoms with Crippen LogP contribution in [-0.2, 0) is 14.3 Å². The van der Waals surface area contributed by atoms with Crippen LogP contribution < -0.4 is 5.32 Å². The van der Waals surface area contributed by atoms with Gasteiger partial charge in [-0.3, -0.25) is 4.79 Å². The zero-order valence-electron chi connectivity index (χ0n) is 22.1. The van der Waals surface area contributed by atoms with Gasteiger partial charge in [-0.1, -0.05) is 65.9 Å². The van der Waals surface area contributed by atoms with Gasteiger partial charge in [-0.05, 0) is 51.4 Å². The number of esters is 1. The summed E-state index contributed by atoms with van der Waals surface area (Å²) in [6.45, 7) is 7.50. The molecule has 4 rings (SSSR count). The maximum absolute atomic E-state index is 13.6. The molecular weight excluding hydrogens is 484 g/mol. The zero-order valence-corrected chi connectivity index (χ0v) is 22.9. The molecule has 0 spiro atoms. The third-order valence-corrected chi connectivity index (χ3v) is 7.18. The second-order valence-corrected chi connectivity index (χ2v) is 10.3. The Morgan fingerprint density at radius 2 is 1.89 bits per heavy atom. The molecule has 0 fully saturated rings. The highest BCUT2D eigenvalue weighted by molar-refractivity contribution is 8.16. The van der Waals surface area contributed by atoms with Gasteiger partial charge in [0.05, 0.1) is 30.3 Å². The standard InChI is InChI=1S/C29H34N4O3S/c1-6-36-28(35)25-26(21-10-8-7-9-11-21)31-29-33(27(25)23-13-12-19(2)16-20(23)3)22(18-37-29)17-24(34)30-14-15-32(4)5/h7-13,16,18,27H,6,14-15,17H2,1-5H3,(H,30,34)/t27-/m1/s1. The molecule has 2 aliphatic heterocycles. The quantitative estimate of drug-likeness (QED) is 0.488. The fraction of sp³-hybridized carbons (Fsp3) is 0.345. The number of nitrogens with one attached hydrogen (secondary N) is 1. The molecule has 2 aliphatic rings. The Bertz CT molecular complexity index is 1270. The van der Waals surface area contributed by atoms with Crippen molar-refractivity contribution in [2.75, 3.05) is 33.8 Å². The molecule has 2 aromatic rings. The van der Waals surface area contributed by atoms with Crippen LogP contribution in [0.4, 0.5) is 0 Å². The van der Waals surface area contributed by atoms with Crippen LogP contribution >= 0.6 is 11.8 Å². The number of nitrogens with zero attached hydrogens (tertiary/aromatic N) is 3. The fourth-order valence-electron chi connectivity index (χ4n) is 4.56. The summed E-state index contributed by atoms with van der Waals surface area (Å²) in [5.74, 6) is -0.467. The van der Waals surface area contributed by atoms with Gasteiger partial charge in [-0.2, -0.15) is 0 Å². The lowest BCUT2D eigenvalue weighted by molar-refractivity contribution is -0.139. The number of benzene rings is 2. The number of amides is 1. The molecule has 1 N–H and O–H groups in total. The number of aryl methyl sites for hydroxylation is 2. The molecule has 2 heterocycles. The molecule has 8 heteroatoms. The van der Waals surface area contributed by atoms with Crippen molar-refractivity contribution in [1.29, 1.82) is 0 Å². The first-order chi connectivity index (χ1) is 17.8. The lowest BCUT2D eigenvalue weighted by atomic mass is 9.88. The van der Waals surface area contributed by atoms with E-state index in [1.165, 1.54) is 11.8 Å². The molecule has 194 valence electrons. The molecule has 0 bridgehead atoms. The molecule has 0 saturated carbocycles. The Hall–Kier alpha value is -3.36. The number of aliphatic imine (C=N–C) groups is 1. The number of ether oxygens (including phenoxy) is 1. The summed E-state index contributed by atoms with van der Waals surface area (Å²) in [6.07, 6.45) is 0.192. The van der Waals surface area contributed by atoms with Gasteiger partial charge in [-0.25, -0.2) is 9.79 Å². The smallest absolute Gasteiger partial charge is 0.338 e. The average molecular weight is 519 g/mol. The number of amidine groups is 1. The number of hydrogen-bond donors (Lipinski definition) is 1. The van der Waals surface area contributed by atoms with E-state index < -0.39 is 12.0 Å². The minimum Gasteiger partial charge on any atom is -0.463 e. The molecule has 0 radical (unpaired) electrons. The Morgan fingerprint density at radius 1 is 1.14 bits per heavy atom. The van der Waals surface area contributed by atoms with E-state index in [9.17, 15) is 9.59 Å². The number of likely N-dealkylation sites (N-methyl/N-ethyl adjacent to an activating group) is 1. The lowest BCUT2D eigenvalue weighted by Crippen LogP contribution is -2.39. The predicted molar refractivity (Wildman–Crippen MR) is 150 cm³/mol. The highest BCUT2D eigenvalue weighted by atomic mass is 32.2. The van der Waals surface area contributed by atoms with Gasteiger partial charge in [0, 0.05) is 24.4 Å². The number of hydrogen-bond acceptors (Lipinski definition) is 7. The third-order valence-electron chi connectivity index (χ3n) is 6.30. The van der Waals surface area contributed by atoms with Crippen LogP contribution in [0.3, 0.4) is 0 Å². The summed E-state index contributed by atoms with van der Waals surface area (Å²) in [4.78, 5) is 35.5.